The molecule has 1 atom stereocenters. The summed E-state index contributed by atoms with van der Waals surface area (Å²) in [5, 5.41) is 0. The number of hydrogen-bond donors (Lipinski definition) is 0. The molecule has 3 radical (unpaired) electrons. The molecule has 1 aromatic rings. The van der Waals surface area contributed by atoms with Crippen molar-refractivity contribution in [1.29, 1.82) is 0 Å². The quantitative estimate of drug-likeness (QED) is 0.290. The second-order valence-electron chi connectivity index (χ2n) is 7.07. The van der Waals surface area contributed by atoms with Crippen LogP contribution in [-0.2, 0) is 10.9 Å². The van der Waals surface area contributed by atoms with E-state index in [0.29, 0.717) is 0 Å². The molecule has 5 heteroatoms. The van der Waals surface area contributed by atoms with Gasteiger partial charge in [-0.05, 0) is 0 Å². The van der Waals surface area contributed by atoms with Crippen molar-refractivity contribution in [3.8, 4) is 0 Å². The van der Waals surface area contributed by atoms with E-state index in [1.54, 1.807) is 12.1 Å². The van der Waals surface area contributed by atoms with Crippen LogP contribution in [0.2, 0.25) is 0 Å². The van der Waals surface area contributed by atoms with Gasteiger partial charge in [0.25, 0.3) is 0 Å². The molecule has 0 amide bonds. The van der Waals surface area contributed by atoms with E-state index in [1.807, 2.05) is 0 Å². The predicted octanol–water partition coefficient (Wildman–Crippen LogP) is 7.20. The molecular formula is C21H32F3OSn. The Hall–Kier alpha value is -0.231. The van der Waals surface area contributed by atoms with E-state index in [9.17, 15) is 13.2 Å². The van der Waals surface area contributed by atoms with E-state index < -0.39 is 11.7 Å². The zero-order chi connectivity index (χ0) is 19.6. The molecule has 0 aromatic heterocycles. The van der Waals surface area contributed by atoms with Crippen LogP contribution in [0, 0.1) is 0 Å². The van der Waals surface area contributed by atoms with Gasteiger partial charge >= 0.3 is 170 Å². The van der Waals surface area contributed by atoms with Crippen molar-refractivity contribution in [3.05, 3.63) is 35.4 Å². The summed E-state index contributed by atoms with van der Waals surface area (Å²) < 4.78 is 45.0. The molecule has 0 aliphatic rings. The van der Waals surface area contributed by atoms with Gasteiger partial charge in [-0.2, -0.15) is 0 Å². The number of hydrogen-bond acceptors (Lipinski definition) is 1. The fourth-order valence-corrected chi connectivity index (χ4v) is 4.42. The molecule has 1 unspecified atom stereocenters. The Morgan fingerprint density at radius 3 is 1.81 bits per heavy atom. The molecule has 0 saturated carbocycles. The Bertz CT molecular complexity index is 491. The zero-order valence-corrected chi connectivity index (χ0v) is 19.1. The van der Waals surface area contributed by atoms with Crippen LogP contribution >= 0.6 is 0 Å². The van der Waals surface area contributed by atoms with Crippen LogP contribution in [-0.4, -0.2) is 26.1 Å². The number of alkyl halides is 3. The van der Waals surface area contributed by atoms with Gasteiger partial charge in [-0.3, -0.25) is 0 Å². The van der Waals surface area contributed by atoms with Gasteiger partial charge in [0.1, 0.15) is 0 Å². The van der Waals surface area contributed by atoms with Crippen LogP contribution < -0.4 is 0 Å². The van der Waals surface area contributed by atoms with Crippen molar-refractivity contribution < 1.29 is 17.9 Å². The van der Waals surface area contributed by atoms with E-state index >= 15 is 0 Å². The Morgan fingerprint density at radius 1 is 0.885 bits per heavy atom. The monoisotopic (exact) mass is 477 g/mol. The van der Waals surface area contributed by atoms with E-state index in [0.717, 1.165) is 63.4 Å². The van der Waals surface area contributed by atoms with Crippen LogP contribution in [0.25, 0.3) is 0 Å². The third-order valence-corrected chi connectivity index (χ3v) is 6.43. The molecule has 26 heavy (non-hydrogen) atoms. The van der Waals surface area contributed by atoms with Gasteiger partial charge in [0.2, 0.25) is 0 Å². The topological polar surface area (TPSA) is 9.23 Å². The van der Waals surface area contributed by atoms with Crippen molar-refractivity contribution in [3.63, 3.8) is 0 Å². The van der Waals surface area contributed by atoms with Gasteiger partial charge in [-0.15, -0.1) is 0 Å². The minimum atomic E-state index is -4.29. The molecule has 0 bridgehead atoms. The number of unbranched alkanes of at least 4 members (excludes halogenated alkanes) is 3. The van der Waals surface area contributed by atoms with Gasteiger partial charge in [0, 0.05) is 0 Å². The van der Waals surface area contributed by atoms with Gasteiger partial charge in [-0.1, -0.05) is 0 Å². The second-order valence-corrected chi connectivity index (χ2v) is 9.67. The minimum absolute atomic E-state index is 0.120. The fraction of sp³-hybridized carbons (Fsp3) is 0.714. The number of halogens is 3. The van der Waals surface area contributed by atoms with Crippen LogP contribution in [0.15, 0.2) is 24.3 Å². The molecule has 0 spiro atoms. The Kier molecular flexibility index (Phi) is 10.6. The molecule has 0 heterocycles. The van der Waals surface area contributed by atoms with E-state index in [4.69, 9.17) is 4.74 Å². The van der Waals surface area contributed by atoms with Gasteiger partial charge in [0.05, 0.1) is 0 Å². The summed E-state index contributed by atoms with van der Waals surface area (Å²) in [6.45, 7) is 6.49. The van der Waals surface area contributed by atoms with Crippen molar-refractivity contribution >= 4 is 22.5 Å². The molecule has 0 aliphatic carbocycles. The van der Waals surface area contributed by atoms with Crippen molar-refractivity contribution in [1.82, 2.24) is 0 Å². The summed E-state index contributed by atoms with van der Waals surface area (Å²) in [6, 6.07) is 5.56. The average Bonchev–Trinajstić information content (AvgIpc) is 2.61. The fourth-order valence-electron chi connectivity index (χ4n) is 3.01. The molecular weight excluding hydrogens is 444 g/mol. The van der Waals surface area contributed by atoms with Crippen molar-refractivity contribution in [2.45, 2.75) is 94.5 Å². The Morgan fingerprint density at radius 2 is 1.38 bits per heavy atom. The Balaban J connectivity index is 2.99. The zero-order valence-electron chi connectivity index (χ0n) is 16.3. The molecule has 1 nitrogen and oxygen atoms in total. The summed E-state index contributed by atoms with van der Waals surface area (Å²) in [6.07, 6.45) is 5.09. The summed E-state index contributed by atoms with van der Waals surface area (Å²) >= 11 is 1.37. The number of ether oxygens (including phenoxy) is 1. The first-order chi connectivity index (χ1) is 12.3. The number of rotatable bonds is 12. The van der Waals surface area contributed by atoms with Gasteiger partial charge < -0.3 is 0 Å². The molecule has 1 rings (SSSR count). The first-order valence-corrected chi connectivity index (χ1v) is 11.3. The first kappa shape index (κ1) is 23.8. The summed E-state index contributed by atoms with van der Waals surface area (Å²) in [5.74, 6) is 0. The normalized spacial score (nSPS) is 13.8. The molecule has 0 saturated heterocycles. The van der Waals surface area contributed by atoms with Crippen LogP contribution in [0.5, 0.6) is 0 Å². The third-order valence-electron chi connectivity index (χ3n) is 4.67. The summed E-state index contributed by atoms with van der Waals surface area (Å²) in [7, 11) is 0. The summed E-state index contributed by atoms with van der Waals surface area (Å²) in [4.78, 5) is 0. The maximum atomic E-state index is 12.8. The standard InChI is InChI=1S/C21H32F3O.Sn/c1-4-7-10-19(11-8-5-2)25-20(12-9-6-3)17-13-15-18(16-14-17)21(22,23)24;/h13-16,20H,4-12H2,1-3H3;. The number of benzene rings is 1. The summed E-state index contributed by atoms with van der Waals surface area (Å²) in [5.41, 5.74) is 0.271. The Labute approximate surface area is 170 Å². The SMILES string of the molecule is CCCCC(O[C]([Sn])(CCCC)CCCC)c1ccc(C(F)(F)F)cc1. The first-order valence-electron chi connectivity index (χ1n) is 9.85. The maximum absolute atomic E-state index is 12.8. The molecule has 0 fully saturated rings. The van der Waals surface area contributed by atoms with Gasteiger partial charge in [-0.25, -0.2) is 0 Å². The average molecular weight is 476 g/mol. The van der Waals surface area contributed by atoms with Crippen molar-refractivity contribution in [2.24, 2.45) is 0 Å². The van der Waals surface area contributed by atoms with Crippen LogP contribution in [0.1, 0.15) is 95.8 Å². The second kappa shape index (κ2) is 11.6. The molecule has 147 valence electrons. The molecule has 1 aromatic carbocycles. The molecule has 0 N–H and O–H groups in total. The van der Waals surface area contributed by atoms with Crippen LogP contribution in [0.3, 0.4) is 0 Å². The van der Waals surface area contributed by atoms with Crippen molar-refractivity contribution in [2.75, 3.05) is 0 Å². The predicted molar refractivity (Wildman–Crippen MR) is 102 cm³/mol. The third kappa shape index (κ3) is 8.20. The van der Waals surface area contributed by atoms with Crippen LogP contribution in [0.4, 0.5) is 13.2 Å². The molecule has 0 aliphatic heterocycles. The van der Waals surface area contributed by atoms with E-state index in [2.05, 4.69) is 20.8 Å². The van der Waals surface area contributed by atoms with Gasteiger partial charge in [0.15, 0.2) is 0 Å². The van der Waals surface area contributed by atoms with E-state index in [1.165, 1.54) is 34.7 Å². The van der Waals surface area contributed by atoms with E-state index in [-0.39, 0.29) is 9.72 Å².